The Bertz CT molecular complexity index is 912. The quantitative estimate of drug-likeness (QED) is 0.461. The number of nitrogens with zero attached hydrogens (tertiary/aromatic N) is 1. The Morgan fingerprint density at radius 3 is 2.21 bits per heavy atom. The van der Waals surface area contributed by atoms with Crippen LogP contribution in [0.2, 0.25) is 0 Å². The molecule has 0 spiro atoms. The monoisotopic (exact) mass is 429 g/mol. The predicted molar refractivity (Wildman–Crippen MR) is 85.5 cm³/mol. The number of aromatic nitrogens is 1. The molecular formula is C16H13F6NO4S. The third-order valence-corrected chi connectivity index (χ3v) is 4.35. The maximum Gasteiger partial charge on any atom is 0.433 e. The summed E-state index contributed by atoms with van der Waals surface area (Å²) in [5, 5.41) is 0. The average Bonchev–Trinajstić information content (AvgIpc) is 2.52. The number of pyridine rings is 1. The fourth-order valence-electron chi connectivity index (χ4n) is 1.98. The van der Waals surface area contributed by atoms with Gasteiger partial charge in [-0.1, -0.05) is 12.1 Å². The van der Waals surface area contributed by atoms with Gasteiger partial charge in [-0.05, 0) is 24.6 Å². The molecule has 0 fully saturated rings. The molecular weight excluding hydrogens is 416 g/mol. The Morgan fingerprint density at radius 2 is 1.57 bits per heavy atom. The molecule has 154 valence electrons. The summed E-state index contributed by atoms with van der Waals surface area (Å²) >= 11 is 0. The van der Waals surface area contributed by atoms with Gasteiger partial charge in [-0.2, -0.15) is 34.8 Å². The van der Waals surface area contributed by atoms with Gasteiger partial charge in [-0.3, -0.25) is 0 Å². The zero-order valence-corrected chi connectivity index (χ0v) is 14.7. The highest BCUT2D eigenvalue weighted by atomic mass is 32.2. The summed E-state index contributed by atoms with van der Waals surface area (Å²) in [4.78, 5) is 3.29. The Kier molecular flexibility index (Phi) is 6.42. The minimum Gasteiger partial charge on any atom is -0.439 e. The van der Waals surface area contributed by atoms with Crippen molar-refractivity contribution in [2.45, 2.75) is 25.2 Å². The second-order valence-electron chi connectivity index (χ2n) is 5.50. The summed E-state index contributed by atoms with van der Waals surface area (Å²) in [7, 11) is -4.29. The molecule has 5 nitrogen and oxygen atoms in total. The van der Waals surface area contributed by atoms with Crippen LogP contribution in [0.25, 0.3) is 0 Å². The van der Waals surface area contributed by atoms with Crippen LogP contribution in [0.4, 0.5) is 26.3 Å². The van der Waals surface area contributed by atoms with Gasteiger partial charge in [0.1, 0.15) is 17.2 Å². The molecule has 1 heterocycles. The van der Waals surface area contributed by atoms with E-state index in [0.717, 1.165) is 24.3 Å². The number of benzene rings is 1. The molecule has 0 bridgehead atoms. The van der Waals surface area contributed by atoms with Crippen molar-refractivity contribution in [3.8, 4) is 17.4 Å². The highest BCUT2D eigenvalue weighted by Crippen LogP contribution is 2.31. The predicted octanol–water partition coefficient (Wildman–Crippen LogP) is 4.94. The highest BCUT2D eigenvalue weighted by Gasteiger charge is 2.32. The second-order valence-corrected chi connectivity index (χ2v) is 7.19. The molecule has 2 rings (SSSR count). The van der Waals surface area contributed by atoms with Gasteiger partial charge < -0.3 is 8.92 Å². The van der Waals surface area contributed by atoms with Gasteiger partial charge >= 0.3 is 22.5 Å². The average molecular weight is 429 g/mol. The van der Waals surface area contributed by atoms with E-state index in [1.807, 2.05) is 0 Å². The molecule has 0 saturated heterocycles. The summed E-state index contributed by atoms with van der Waals surface area (Å²) in [6.45, 7) is 0. The van der Waals surface area contributed by atoms with E-state index in [0.29, 0.717) is 0 Å². The van der Waals surface area contributed by atoms with Crippen LogP contribution >= 0.6 is 0 Å². The molecule has 1 aromatic carbocycles. The van der Waals surface area contributed by atoms with E-state index in [2.05, 4.69) is 4.98 Å². The van der Waals surface area contributed by atoms with Crippen LogP contribution in [0.15, 0.2) is 42.5 Å². The standard InChI is InChI=1S/C16H13F6NO4S/c17-15(18,19)8-3-9-28(24,25)27-12-5-1-4-11(10-12)26-14-7-2-6-13(23-14)16(20,21)22/h1-2,4-7,10H,3,8-9H2. The van der Waals surface area contributed by atoms with Gasteiger partial charge in [0.2, 0.25) is 5.88 Å². The minimum absolute atomic E-state index is 0.0742. The van der Waals surface area contributed by atoms with Crippen molar-refractivity contribution in [1.82, 2.24) is 4.98 Å². The van der Waals surface area contributed by atoms with Crippen LogP contribution in [0.1, 0.15) is 18.5 Å². The molecule has 0 aliphatic rings. The largest absolute Gasteiger partial charge is 0.439 e. The number of hydrogen-bond donors (Lipinski definition) is 0. The van der Waals surface area contributed by atoms with Crippen LogP contribution in [0, 0.1) is 0 Å². The SMILES string of the molecule is O=S(=O)(CCCC(F)(F)F)Oc1cccc(Oc2cccc(C(F)(F)F)n2)c1. The first-order chi connectivity index (χ1) is 12.8. The summed E-state index contributed by atoms with van der Waals surface area (Å²) in [6.07, 6.45) is -11.1. The van der Waals surface area contributed by atoms with Crippen molar-refractivity contribution >= 4 is 10.1 Å². The van der Waals surface area contributed by atoms with E-state index in [1.165, 1.54) is 18.2 Å². The van der Waals surface area contributed by atoms with E-state index in [9.17, 15) is 34.8 Å². The fraction of sp³-hybridized carbons (Fsp3) is 0.312. The van der Waals surface area contributed by atoms with E-state index in [1.54, 1.807) is 0 Å². The van der Waals surface area contributed by atoms with Crippen LogP contribution in [0.5, 0.6) is 17.4 Å². The molecule has 12 heteroatoms. The first kappa shape index (κ1) is 21.8. The fourth-order valence-corrected chi connectivity index (χ4v) is 2.96. The number of halogens is 6. The first-order valence-electron chi connectivity index (χ1n) is 7.65. The molecule has 0 atom stereocenters. The van der Waals surface area contributed by atoms with Crippen LogP contribution in [-0.2, 0) is 16.3 Å². The summed E-state index contributed by atoms with van der Waals surface area (Å²) in [5.74, 6) is -1.58. The molecule has 0 amide bonds. The van der Waals surface area contributed by atoms with Crippen molar-refractivity contribution in [1.29, 1.82) is 0 Å². The van der Waals surface area contributed by atoms with Crippen molar-refractivity contribution in [2.75, 3.05) is 5.75 Å². The van der Waals surface area contributed by atoms with Gasteiger partial charge in [-0.25, -0.2) is 4.98 Å². The van der Waals surface area contributed by atoms with Crippen LogP contribution in [-0.4, -0.2) is 25.3 Å². The molecule has 0 saturated carbocycles. The zero-order valence-electron chi connectivity index (χ0n) is 13.9. The highest BCUT2D eigenvalue weighted by molar-refractivity contribution is 7.87. The maximum absolute atomic E-state index is 12.7. The number of rotatable bonds is 7. The maximum atomic E-state index is 12.7. The normalized spacial score (nSPS) is 12.6. The molecule has 0 radical (unpaired) electrons. The van der Waals surface area contributed by atoms with Crippen molar-refractivity contribution in [3.05, 3.63) is 48.2 Å². The Hall–Kier alpha value is -2.50. The molecule has 0 aliphatic heterocycles. The van der Waals surface area contributed by atoms with Crippen LogP contribution in [0.3, 0.4) is 0 Å². The van der Waals surface area contributed by atoms with Gasteiger partial charge in [0.25, 0.3) is 0 Å². The third-order valence-electron chi connectivity index (χ3n) is 3.12. The molecule has 0 unspecified atom stereocenters. The minimum atomic E-state index is -4.67. The number of alkyl halides is 6. The van der Waals surface area contributed by atoms with Gasteiger partial charge in [0.05, 0.1) is 5.75 Å². The van der Waals surface area contributed by atoms with Crippen molar-refractivity contribution in [2.24, 2.45) is 0 Å². The Labute approximate surface area is 156 Å². The topological polar surface area (TPSA) is 65.5 Å². The second kappa shape index (κ2) is 8.25. The Balaban J connectivity index is 2.06. The van der Waals surface area contributed by atoms with E-state index in [-0.39, 0.29) is 17.4 Å². The van der Waals surface area contributed by atoms with E-state index >= 15 is 0 Å². The summed E-state index contributed by atoms with van der Waals surface area (Å²) < 4.78 is 108. The van der Waals surface area contributed by atoms with Crippen molar-refractivity contribution < 1.29 is 43.7 Å². The molecule has 28 heavy (non-hydrogen) atoms. The smallest absolute Gasteiger partial charge is 0.433 e. The first-order valence-corrected chi connectivity index (χ1v) is 9.23. The van der Waals surface area contributed by atoms with Gasteiger partial charge in [-0.15, -0.1) is 0 Å². The Morgan fingerprint density at radius 1 is 0.929 bits per heavy atom. The van der Waals surface area contributed by atoms with Crippen molar-refractivity contribution in [3.63, 3.8) is 0 Å². The van der Waals surface area contributed by atoms with E-state index < -0.39 is 46.8 Å². The summed E-state index contributed by atoms with van der Waals surface area (Å²) in [5.41, 5.74) is -1.18. The molecule has 1 aromatic heterocycles. The number of hydrogen-bond acceptors (Lipinski definition) is 5. The molecule has 0 N–H and O–H groups in total. The lowest BCUT2D eigenvalue weighted by Crippen LogP contribution is -2.16. The van der Waals surface area contributed by atoms with E-state index in [4.69, 9.17) is 8.92 Å². The van der Waals surface area contributed by atoms with Gasteiger partial charge in [0.15, 0.2) is 0 Å². The van der Waals surface area contributed by atoms with Crippen LogP contribution < -0.4 is 8.92 Å². The molecule has 0 aliphatic carbocycles. The number of ether oxygens (including phenoxy) is 1. The summed E-state index contributed by atoms with van der Waals surface area (Å²) in [6, 6.07) is 7.86. The zero-order chi connectivity index (χ0) is 21.0. The lowest BCUT2D eigenvalue weighted by atomic mass is 10.3. The lowest BCUT2D eigenvalue weighted by Gasteiger charge is -2.11. The van der Waals surface area contributed by atoms with Gasteiger partial charge in [0, 0.05) is 18.6 Å². The third kappa shape index (κ3) is 7.25. The molecule has 2 aromatic rings. The lowest BCUT2D eigenvalue weighted by molar-refractivity contribution is -0.141.